The minimum Gasteiger partial charge on any atom is -0.497 e. The summed E-state index contributed by atoms with van der Waals surface area (Å²) in [6.45, 7) is 1.90. The Hall–Kier alpha value is -5.05. The number of halogens is 1. The zero-order valence-corrected chi connectivity index (χ0v) is 22.1. The van der Waals surface area contributed by atoms with E-state index < -0.39 is 17.8 Å². The minimum absolute atomic E-state index is 0.120. The zero-order chi connectivity index (χ0) is 28.1. The van der Waals surface area contributed by atoms with Crippen LogP contribution in [0.15, 0.2) is 97.1 Å². The van der Waals surface area contributed by atoms with Crippen LogP contribution in [0, 0.1) is 12.7 Å². The van der Waals surface area contributed by atoms with E-state index in [1.165, 1.54) is 27.8 Å². The lowest BCUT2D eigenvalue weighted by molar-refractivity contribution is -0.140. The van der Waals surface area contributed by atoms with Crippen LogP contribution < -0.4 is 10.1 Å². The fourth-order valence-corrected chi connectivity index (χ4v) is 4.58. The van der Waals surface area contributed by atoms with E-state index in [1.54, 1.807) is 37.4 Å². The van der Waals surface area contributed by atoms with Crippen LogP contribution in [-0.2, 0) is 22.7 Å². The molecule has 202 valence electrons. The third-order valence-corrected chi connectivity index (χ3v) is 6.71. The Morgan fingerprint density at radius 1 is 0.975 bits per heavy atom. The van der Waals surface area contributed by atoms with Crippen LogP contribution in [0.1, 0.15) is 22.7 Å². The Bertz CT molecular complexity index is 1650. The molecule has 2 amide bonds. The molecule has 0 bridgehead atoms. The van der Waals surface area contributed by atoms with Gasteiger partial charge in [0.1, 0.15) is 29.7 Å². The number of carbonyl (C=O) groups is 2. The normalized spacial score (nSPS) is 11.7. The number of carbonyl (C=O) groups excluding carboxylic acids is 2. The van der Waals surface area contributed by atoms with Gasteiger partial charge in [0.2, 0.25) is 5.91 Å². The molecule has 0 radical (unpaired) electrons. The van der Waals surface area contributed by atoms with E-state index in [0.717, 1.165) is 11.1 Å². The number of hydrogen-bond donors (Lipinski definition) is 1. The molecule has 1 unspecified atom stereocenters. The first-order valence-electron chi connectivity index (χ1n) is 12.8. The lowest BCUT2D eigenvalue weighted by atomic mass is 10.0. The van der Waals surface area contributed by atoms with Gasteiger partial charge in [0.05, 0.1) is 12.6 Å². The molecule has 1 heterocycles. The molecule has 0 aliphatic rings. The van der Waals surface area contributed by atoms with Gasteiger partial charge in [-0.25, -0.2) is 9.07 Å². The van der Waals surface area contributed by atoms with E-state index in [0.29, 0.717) is 28.0 Å². The molecule has 0 saturated carbocycles. The molecule has 5 rings (SSSR count). The number of amides is 2. The summed E-state index contributed by atoms with van der Waals surface area (Å²) in [7, 11) is 1.56. The predicted molar refractivity (Wildman–Crippen MR) is 150 cm³/mol. The SMILES string of the molecule is COc1ccc(NC(=O)C(c2cccc(F)c2)N(Cc2ccccc2C)C(=O)Cn2nnc3ccccc32)cc1. The van der Waals surface area contributed by atoms with E-state index in [4.69, 9.17) is 4.74 Å². The molecular weight excluding hydrogens is 509 g/mol. The first-order chi connectivity index (χ1) is 19.4. The molecule has 8 nitrogen and oxygen atoms in total. The zero-order valence-electron chi connectivity index (χ0n) is 22.1. The van der Waals surface area contributed by atoms with Crippen molar-refractivity contribution < 1.29 is 18.7 Å². The summed E-state index contributed by atoms with van der Waals surface area (Å²) in [5, 5.41) is 11.2. The Balaban J connectivity index is 1.56. The summed E-state index contributed by atoms with van der Waals surface area (Å²) >= 11 is 0. The predicted octanol–water partition coefficient (Wildman–Crippen LogP) is 5.30. The van der Waals surface area contributed by atoms with E-state index in [1.807, 2.05) is 55.5 Å². The number of fused-ring (bicyclic) bond motifs is 1. The van der Waals surface area contributed by atoms with Crippen LogP contribution in [-0.4, -0.2) is 38.8 Å². The van der Waals surface area contributed by atoms with Crippen molar-refractivity contribution in [2.75, 3.05) is 12.4 Å². The molecule has 1 atom stereocenters. The molecule has 0 saturated heterocycles. The van der Waals surface area contributed by atoms with E-state index >= 15 is 0 Å². The average Bonchev–Trinajstić information content (AvgIpc) is 3.37. The second-order valence-electron chi connectivity index (χ2n) is 9.36. The topological polar surface area (TPSA) is 89.4 Å². The van der Waals surface area contributed by atoms with Gasteiger partial charge in [-0.05, 0) is 72.1 Å². The highest BCUT2D eigenvalue weighted by molar-refractivity contribution is 5.98. The smallest absolute Gasteiger partial charge is 0.251 e. The second kappa shape index (κ2) is 11.8. The number of hydrogen-bond acceptors (Lipinski definition) is 5. The number of para-hydroxylation sites is 1. The van der Waals surface area contributed by atoms with Crippen molar-refractivity contribution in [1.29, 1.82) is 0 Å². The highest BCUT2D eigenvalue weighted by Gasteiger charge is 2.33. The molecule has 0 aliphatic carbocycles. The summed E-state index contributed by atoms with van der Waals surface area (Å²) in [4.78, 5) is 29.4. The van der Waals surface area contributed by atoms with Crippen LogP contribution in [0.2, 0.25) is 0 Å². The van der Waals surface area contributed by atoms with Crippen LogP contribution in [0.5, 0.6) is 5.75 Å². The number of ether oxygens (including phenoxy) is 1. The summed E-state index contributed by atoms with van der Waals surface area (Å²) in [6.07, 6.45) is 0. The van der Waals surface area contributed by atoms with Crippen LogP contribution in [0.4, 0.5) is 10.1 Å². The van der Waals surface area contributed by atoms with Crippen molar-refractivity contribution in [2.24, 2.45) is 0 Å². The maximum Gasteiger partial charge on any atom is 0.251 e. The number of aromatic nitrogens is 3. The Morgan fingerprint density at radius 2 is 1.73 bits per heavy atom. The standard InChI is InChI=1S/C31H28FN5O3/c1-21-8-3-4-9-23(21)19-36(29(38)20-37-28-13-6-5-12-27(28)34-35-37)30(22-10-7-11-24(32)18-22)31(39)33-25-14-16-26(40-2)17-15-25/h3-18,30H,19-20H2,1-2H3,(H,33,39). The molecular formula is C31H28FN5O3. The molecule has 40 heavy (non-hydrogen) atoms. The molecule has 0 spiro atoms. The third-order valence-electron chi connectivity index (χ3n) is 6.71. The van der Waals surface area contributed by atoms with Gasteiger partial charge in [0.25, 0.3) is 5.91 Å². The van der Waals surface area contributed by atoms with Gasteiger partial charge >= 0.3 is 0 Å². The molecule has 1 aromatic heterocycles. The first-order valence-corrected chi connectivity index (χ1v) is 12.8. The monoisotopic (exact) mass is 537 g/mol. The summed E-state index contributed by atoms with van der Waals surface area (Å²) in [5.74, 6) is -0.736. The van der Waals surface area contributed by atoms with Crippen molar-refractivity contribution >= 4 is 28.5 Å². The van der Waals surface area contributed by atoms with Crippen LogP contribution in [0.25, 0.3) is 11.0 Å². The van der Waals surface area contributed by atoms with Gasteiger partial charge in [-0.1, -0.05) is 53.7 Å². The summed E-state index contributed by atoms with van der Waals surface area (Å²) in [5.41, 5.74) is 4.02. The largest absolute Gasteiger partial charge is 0.497 e. The van der Waals surface area contributed by atoms with Gasteiger partial charge in [-0.3, -0.25) is 9.59 Å². The van der Waals surface area contributed by atoms with Crippen LogP contribution in [0.3, 0.4) is 0 Å². The Morgan fingerprint density at radius 3 is 2.48 bits per heavy atom. The van der Waals surface area contributed by atoms with E-state index in [-0.39, 0.29) is 19.0 Å². The number of rotatable bonds is 9. The molecule has 1 N–H and O–H groups in total. The maximum atomic E-state index is 14.5. The number of methoxy groups -OCH3 is 1. The minimum atomic E-state index is -1.14. The third kappa shape index (κ3) is 5.83. The quantitative estimate of drug-likeness (QED) is 0.276. The Kier molecular flexibility index (Phi) is 7.82. The lowest BCUT2D eigenvalue weighted by Gasteiger charge is -2.32. The van der Waals surface area contributed by atoms with Crippen molar-refractivity contribution in [1.82, 2.24) is 19.9 Å². The summed E-state index contributed by atoms with van der Waals surface area (Å²) in [6, 6.07) is 26.4. The van der Waals surface area contributed by atoms with Gasteiger partial charge in [-0.2, -0.15) is 0 Å². The molecule has 0 fully saturated rings. The average molecular weight is 538 g/mol. The van der Waals surface area contributed by atoms with Crippen molar-refractivity contribution in [3.05, 3.63) is 120 Å². The number of benzene rings is 4. The number of aryl methyl sites for hydroxylation is 1. The van der Waals surface area contributed by atoms with Crippen molar-refractivity contribution in [3.63, 3.8) is 0 Å². The highest BCUT2D eigenvalue weighted by atomic mass is 19.1. The number of anilines is 1. The van der Waals surface area contributed by atoms with Crippen LogP contribution >= 0.6 is 0 Å². The second-order valence-corrected chi connectivity index (χ2v) is 9.36. The molecule has 5 aromatic rings. The molecule has 9 heteroatoms. The first kappa shape index (κ1) is 26.6. The number of nitrogens with one attached hydrogen (secondary N) is 1. The fraction of sp³-hybridized carbons (Fsp3) is 0.161. The van der Waals surface area contributed by atoms with Gasteiger partial charge in [0, 0.05) is 12.2 Å². The molecule has 4 aromatic carbocycles. The Labute approximate surface area is 231 Å². The fourth-order valence-electron chi connectivity index (χ4n) is 4.58. The lowest BCUT2D eigenvalue weighted by Crippen LogP contribution is -2.42. The number of nitrogens with zero attached hydrogens (tertiary/aromatic N) is 4. The van der Waals surface area contributed by atoms with Gasteiger partial charge < -0.3 is 15.0 Å². The van der Waals surface area contributed by atoms with Crippen molar-refractivity contribution in [3.8, 4) is 5.75 Å². The summed E-state index contributed by atoms with van der Waals surface area (Å²) < 4.78 is 21.2. The van der Waals surface area contributed by atoms with Crippen molar-refractivity contribution in [2.45, 2.75) is 26.1 Å². The van der Waals surface area contributed by atoms with E-state index in [2.05, 4.69) is 15.6 Å². The molecule has 0 aliphatic heterocycles. The van der Waals surface area contributed by atoms with E-state index in [9.17, 15) is 14.0 Å². The highest BCUT2D eigenvalue weighted by Crippen LogP contribution is 2.28. The van der Waals surface area contributed by atoms with Gasteiger partial charge in [-0.15, -0.1) is 5.10 Å². The maximum absolute atomic E-state index is 14.5. The van der Waals surface area contributed by atoms with Gasteiger partial charge in [0.15, 0.2) is 0 Å².